The highest BCUT2D eigenvalue weighted by Crippen LogP contribution is 2.23. The number of hydrogen-bond donors (Lipinski definition) is 2. The minimum Gasteiger partial charge on any atom is -0.480 e. The van der Waals surface area contributed by atoms with E-state index in [4.69, 9.17) is 5.11 Å². The molecular weight excluding hydrogens is 262 g/mol. The summed E-state index contributed by atoms with van der Waals surface area (Å²) < 4.78 is 0. The minimum atomic E-state index is -1.02. The van der Waals surface area contributed by atoms with E-state index in [2.05, 4.69) is 5.32 Å². The lowest BCUT2D eigenvalue weighted by Gasteiger charge is -2.19. The van der Waals surface area contributed by atoms with Gasteiger partial charge in [-0.25, -0.2) is 0 Å². The Bertz CT molecular complexity index is 420. The number of carbonyl (C=O) groups is 2. The summed E-state index contributed by atoms with van der Waals surface area (Å²) >= 11 is 1.54. The Kier molecular flexibility index (Phi) is 6.42. The largest absolute Gasteiger partial charge is 0.480 e. The second-order valence-electron chi connectivity index (χ2n) is 4.57. The van der Waals surface area contributed by atoms with Crippen LogP contribution in [0.15, 0.2) is 30.3 Å². The van der Waals surface area contributed by atoms with Crippen molar-refractivity contribution in [1.82, 2.24) is 5.32 Å². The number of nitrogens with one attached hydrogen (secondary N) is 1. The van der Waals surface area contributed by atoms with E-state index < -0.39 is 5.97 Å². The van der Waals surface area contributed by atoms with E-state index in [1.807, 2.05) is 44.2 Å². The van der Waals surface area contributed by atoms with Gasteiger partial charge in [-0.05, 0) is 11.5 Å². The van der Waals surface area contributed by atoms with Crippen LogP contribution in [0.4, 0.5) is 0 Å². The SMILES string of the molecule is CC(C)C(SCc1ccccc1)C(=O)NCC(=O)O. The van der Waals surface area contributed by atoms with Gasteiger partial charge in [0.15, 0.2) is 0 Å². The molecule has 1 atom stereocenters. The summed E-state index contributed by atoms with van der Waals surface area (Å²) in [6.07, 6.45) is 0. The Balaban J connectivity index is 2.53. The molecule has 0 bridgehead atoms. The van der Waals surface area contributed by atoms with E-state index in [1.165, 1.54) is 11.8 Å². The van der Waals surface area contributed by atoms with Crippen LogP contribution in [-0.4, -0.2) is 28.8 Å². The van der Waals surface area contributed by atoms with Crippen molar-refractivity contribution in [3.8, 4) is 0 Å². The number of benzene rings is 1. The molecule has 0 saturated heterocycles. The van der Waals surface area contributed by atoms with Crippen molar-refractivity contribution >= 4 is 23.6 Å². The molecular formula is C14H19NO3S. The van der Waals surface area contributed by atoms with Crippen LogP contribution < -0.4 is 5.32 Å². The molecule has 1 unspecified atom stereocenters. The molecule has 1 aromatic carbocycles. The lowest BCUT2D eigenvalue weighted by atomic mass is 10.1. The Morgan fingerprint density at radius 2 is 1.89 bits per heavy atom. The van der Waals surface area contributed by atoms with Crippen molar-refractivity contribution in [3.63, 3.8) is 0 Å². The number of carbonyl (C=O) groups excluding carboxylic acids is 1. The van der Waals surface area contributed by atoms with Gasteiger partial charge < -0.3 is 10.4 Å². The van der Waals surface area contributed by atoms with Gasteiger partial charge in [-0.2, -0.15) is 0 Å². The van der Waals surface area contributed by atoms with Gasteiger partial charge in [0.05, 0.1) is 5.25 Å². The summed E-state index contributed by atoms with van der Waals surface area (Å²) in [5.74, 6) is -0.339. The molecule has 0 fully saturated rings. The summed E-state index contributed by atoms with van der Waals surface area (Å²) in [6, 6.07) is 9.91. The van der Waals surface area contributed by atoms with Gasteiger partial charge in [0.1, 0.15) is 6.54 Å². The van der Waals surface area contributed by atoms with Crippen LogP contribution in [0.25, 0.3) is 0 Å². The summed E-state index contributed by atoms with van der Waals surface area (Å²) in [6.45, 7) is 3.60. The third-order valence-corrected chi connectivity index (χ3v) is 4.17. The van der Waals surface area contributed by atoms with E-state index in [0.717, 1.165) is 11.3 Å². The van der Waals surface area contributed by atoms with E-state index in [-0.39, 0.29) is 23.6 Å². The molecule has 0 aliphatic carbocycles. The first-order valence-corrected chi connectivity index (χ1v) is 7.20. The lowest BCUT2D eigenvalue weighted by molar-refractivity contribution is -0.137. The number of amides is 1. The highest BCUT2D eigenvalue weighted by Gasteiger charge is 2.22. The Morgan fingerprint density at radius 3 is 2.42 bits per heavy atom. The normalized spacial score (nSPS) is 12.2. The van der Waals surface area contributed by atoms with E-state index in [9.17, 15) is 9.59 Å². The second kappa shape index (κ2) is 7.84. The third kappa shape index (κ3) is 5.79. The van der Waals surface area contributed by atoms with Gasteiger partial charge in [-0.3, -0.25) is 9.59 Å². The monoisotopic (exact) mass is 281 g/mol. The molecule has 2 N–H and O–H groups in total. The highest BCUT2D eigenvalue weighted by molar-refractivity contribution is 7.99. The fourth-order valence-electron chi connectivity index (χ4n) is 1.59. The minimum absolute atomic E-state index is 0.155. The van der Waals surface area contributed by atoms with Gasteiger partial charge in [0.25, 0.3) is 0 Å². The van der Waals surface area contributed by atoms with Gasteiger partial charge in [0.2, 0.25) is 5.91 Å². The molecule has 0 heterocycles. The number of carboxylic acids is 1. The van der Waals surface area contributed by atoms with E-state index >= 15 is 0 Å². The fourth-order valence-corrected chi connectivity index (χ4v) is 2.78. The maximum absolute atomic E-state index is 11.9. The zero-order valence-corrected chi connectivity index (χ0v) is 11.9. The smallest absolute Gasteiger partial charge is 0.322 e. The molecule has 0 aliphatic heterocycles. The van der Waals surface area contributed by atoms with Crippen molar-refractivity contribution < 1.29 is 14.7 Å². The van der Waals surface area contributed by atoms with Crippen molar-refractivity contribution in [1.29, 1.82) is 0 Å². The number of aliphatic carboxylic acids is 1. The molecule has 0 aromatic heterocycles. The molecule has 1 amide bonds. The molecule has 0 spiro atoms. The number of carboxylic acid groups (broad SMARTS) is 1. The highest BCUT2D eigenvalue weighted by atomic mass is 32.2. The zero-order chi connectivity index (χ0) is 14.3. The molecule has 1 aromatic rings. The van der Waals surface area contributed by atoms with E-state index in [1.54, 1.807) is 0 Å². The molecule has 0 radical (unpaired) electrons. The second-order valence-corrected chi connectivity index (χ2v) is 5.70. The zero-order valence-electron chi connectivity index (χ0n) is 11.1. The lowest BCUT2D eigenvalue weighted by Crippen LogP contribution is -2.38. The molecule has 19 heavy (non-hydrogen) atoms. The number of rotatable bonds is 7. The van der Waals surface area contributed by atoms with E-state index in [0.29, 0.717) is 0 Å². The maximum atomic E-state index is 11.9. The van der Waals surface area contributed by atoms with Crippen LogP contribution in [0.2, 0.25) is 0 Å². The molecule has 0 aliphatic rings. The van der Waals surface area contributed by atoms with Gasteiger partial charge >= 0.3 is 5.97 Å². The average molecular weight is 281 g/mol. The summed E-state index contributed by atoms with van der Waals surface area (Å²) in [5.41, 5.74) is 1.16. The van der Waals surface area contributed by atoms with Crippen LogP contribution in [-0.2, 0) is 15.3 Å². The first-order chi connectivity index (χ1) is 9.00. The van der Waals surface area contributed by atoms with Crippen LogP contribution >= 0.6 is 11.8 Å². The van der Waals surface area contributed by atoms with Gasteiger partial charge in [-0.15, -0.1) is 11.8 Å². The number of hydrogen-bond acceptors (Lipinski definition) is 3. The quantitative estimate of drug-likeness (QED) is 0.803. The molecule has 5 heteroatoms. The van der Waals surface area contributed by atoms with Crippen molar-refractivity contribution in [3.05, 3.63) is 35.9 Å². The summed E-state index contributed by atoms with van der Waals surface area (Å²) in [4.78, 5) is 22.4. The first kappa shape index (κ1) is 15.6. The predicted octanol–water partition coefficient (Wildman–Crippen LogP) is 2.15. The Morgan fingerprint density at radius 1 is 1.26 bits per heavy atom. The fraction of sp³-hybridized carbons (Fsp3) is 0.429. The van der Waals surface area contributed by atoms with Gasteiger partial charge in [0, 0.05) is 5.75 Å². The van der Waals surface area contributed by atoms with Crippen LogP contribution in [0.3, 0.4) is 0 Å². The maximum Gasteiger partial charge on any atom is 0.322 e. The Hall–Kier alpha value is -1.49. The standard InChI is InChI=1S/C14H19NO3S/c1-10(2)13(14(18)15-8-12(16)17)19-9-11-6-4-3-5-7-11/h3-7,10,13H,8-9H2,1-2H3,(H,15,18)(H,16,17). The summed E-state index contributed by atoms with van der Waals surface area (Å²) in [7, 11) is 0. The third-order valence-electron chi connectivity index (χ3n) is 2.55. The van der Waals surface area contributed by atoms with Crippen LogP contribution in [0, 0.1) is 5.92 Å². The topological polar surface area (TPSA) is 66.4 Å². The van der Waals surface area contributed by atoms with Gasteiger partial charge in [-0.1, -0.05) is 44.2 Å². The average Bonchev–Trinajstić information content (AvgIpc) is 2.37. The molecule has 104 valence electrons. The van der Waals surface area contributed by atoms with Crippen molar-refractivity contribution in [2.24, 2.45) is 5.92 Å². The van der Waals surface area contributed by atoms with Crippen molar-refractivity contribution in [2.75, 3.05) is 6.54 Å². The Labute approximate surface area is 117 Å². The summed E-state index contributed by atoms with van der Waals surface area (Å²) in [5, 5.41) is 10.8. The number of thioether (sulfide) groups is 1. The first-order valence-electron chi connectivity index (χ1n) is 6.15. The van der Waals surface area contributed by atoms with Crippen LogP contribution in [0.5, 0.6) is 0 Å². The van der Waals surface area contributed by atoms with Crippen LogP contribution in [0.1, 0.15) is 19.4 Å². The van der Waals surface area contributed by atoms with Crippen molar-refractivity contribution in [2.45, 2.75) is 24.9 Å². The predicted molar refractivity (Wildman–Crippen MR) is 77.0 cm³/mol. The molecule has 1 rings (SSSR count). The molecule has 4 nitrogen and oxygen atoms in total. The molecule has 0 saturated carbocycles.